The van der Waals surface area contributed by atoms with Crippen LogP contribution in [-0.2, 0) is 4.74 Å². The zero-order valence-electron chi connectivity index (χ0n) is 13.0. The van der Waals surface area contributed by atoms with E-state index in [1.54, 1.807) is 4.90 Å². The van der Waals surface area contributed by atoms with E-state index in [0.717, 1.165) is 0 Å². The van der Waals surface area contributed by atoms with Gasteiger partial charge in [-0.05, 0) is 20.8 Å². The van der Waals surface area contributed by atoms with Crippen LogP contribution in [0.15, 0.2) is 27.7 Å². The van der Waals surface area contributed by atoms with Crippen LogP contribution in [0, 0.1) is 10.1 Å². The molecule has 0 N–H and O–H groups in total. The minimum absolute atomic E-state index is 0.105. The lowest BCUT2D eigenvalue weighted by atomic mass is 10.2. The molecule has 1 heterocycles. The second kappa shape index (κ2) is 8.32. The molecule has 22 heavy (non-hydrogen) atoms. The van der Waals surface area contributed by atoms with Crippen molar-refractivity contribution in [3.63, 3.8) is 0 Å². The number of amides is 1. The summed E-state index contributed by atoms with van der Waals surface area (Å²) in [5.41, 5.74) is -0.600. The molecule has 0 radical (unpaired) electrons. The Kier molecular flexibility index (Phi) is 7.07. The Balaban J connectivity index is 2.47. The van der Waals surface area contributed by atoms with Crippen molar-refractivity contribution in [3.8, 4) is 0 Å². The van der Waals surface area contributed by atoms with E-state index >= 15 is 0 Å². The topological polar surface area (TPSA) is 88.3 Å². The average Bonchev–Trinajstić information content (AvgIpc) is 2.42. The molecule has 1 rings (SSSR count). The molecule has 1 aliphatic heterocycles. The molecule has 0 saturated carbocycles. The first-order chi connectivity index (χ1) is 10.2. The van der Waals surface area contributed by atoms with Gasteiger partial charge in [-0.2, -0.15) is 0 Å². The van der Waals surface area contributed by atoms with E-state index < -0.39 is 31.8 Å². The first-order valence-corrected chi connectivity index (χ1v) is 8.70. The van der Waals surface area contributed by atoms with E-state index in [0.29, 0.717) is 26.2 Å². The SMILES string of the molecule is C=C/C(=C\N=IN1CCN(C(=O)OC(C)(C)C)CC1)[N+](=O)[O-]. The van der Waals surface area contributed by atoms with Gasteiger partial charge in [-0.25, -0.2) is 11.1 Å². The molecule has 0 aliphatic carbocycles. The summed E-state index contributed by atoms with van der Waals surface area (Å²) < 4.78 is 11.6. The highest BCUT2D eigenvalue weighted by atomic mass is 127. The van der Waals surface area contributed by atoms with Gasteiger partial charge >= 0.3 is 6.09 Å². The summed E-state index contributed by atoms with van der Waals surface area (Å²) in [5, 5.41) is 10.6. The van der Waals surface area contributed by atoms with Crippen LogP contribution in [0.5, 0.6) is 0 Å². The van der Waals surface area contributed by atoms with Crippen molar-refractivity contribution >= 4 is 27.4 Å². The van der Waals surface area contributed by atoms with Gasteiger partial charge in [-0.3, -0.25) is 10.1 Å². The van der Waals surface area contributed by atoms with Crippen molar-refractivity contribution in [2.24, 2.45) is 3.15 Å². The molecule has 0 unspecified atom stereocenters. The summed E-state index contributed by atoms with van der Waals surface area (Å²) in [7, 11) is 0. The third-order valence-corrected chi connectivity index (χ3v) is 4.73. The van der Waals surface area contributed by atoms with Gasteiger partial charge in [0.25, 0.3) is 5.70 Å². The van der Waals surface area contributed by atoms with Crippen molar-refractivity contribution in [2.45, 2.75) is 26.4 Å². The van der Waals surface area contributed by atoms with Gasteiger partial charge in [0.2, 0.25) is 0 Å². The summed E-state index contributed by atoms with van der Waals surface area (Å²) in [6.45, 7) is 11.5. The standard InChI is InChI=1S/C13H21IN4O4/c1-5-11(18(20)21)10-15-14-17-8-6-16(7-9-17)12(19)22-13(2,3)4/h5,10H,1,6-9H2,2-4H3/b11-10+. The van der Waals surface area contributed by atoms with Crippen molar-refractivity contribution < 1.29 is 14.5 Å². The zero-order chi connectivity index (χ0) is 16.8. The van der Waals surface area contributed by atoms with Crippen molar-refractivity contribution in [3.05, 3.63) is 34.7 Å². The average molecular weight is 424 g/mol. The van der Waals surface area contributed by atoms with Crippen molar-refractivity contribution in [2.75, 3.05) is 26.2 Å². The number of halogens is 1. The van der Waals surface area contributed by atoms with E-state index in [2.05, 4.69) is 12.8 Å². The number of hydrogen-bond acceptors (Lipinski definition) is 5. The monoisotopic (exact) mass is 424 g/mol. The van der Waals surface area contributed by atoms with E-state index in [1.165, 1.54) is 12.3 Å². The minimum atomic E-state index is -0.677. The van der Waals surface area contributed by atoms with Crippen LogP contribution in [0.2, 0.25) is 0 Å². The molecule has 9 heteroatoms. The highest BCUT2D eigenvalue weighted by Gasteiger charge is 2.25. The maximum atomic E-state index is 11.9. The van der Waals surface area contributed by atoms with Gasteiger partial charge in [0.1, 0.15) is 11.8 Å². The van der Waals surface area contributed by atoms with E-state index in [4.69, 9.17) is 4.74 Å². The maximum Gasteiger partial charge on any atom is 0.410 e. The Morgan fingerprint density at radius 2 is 1.95 bits per heavy atom. The van der Waals surface area contributed by atoms with E-state index in [1.807, 2.05) is 20.8 Å². The third kappa shape index (κ3) is 6.60. The van der Waals surface area contributed by atoms with Crippen molar-refractivity contribution in [1.82, 2.24) is 8.01 Å². The first kappa shape index (κ1) is 18.7. The summed E-state index contributed by atoms with van der Waals surface area (Å²) in [6, 6.07) is 0. The molecule has 0 atom stereocenters. The molecule has 1 fully saturated rings. The lowest BCUT2D eigenvalue weighted by Gasteiger charge is -2.33. The van der Waals surface area contributed by atoms with Crippen LogP contribution in [-0.4, -0.2) is 50.8 Å². The molecule has 124 valence electrons. The molecular formula is C13H21IN4O4. The van der Waals surface area contributed by atoms with Crippen LogP contribution in [0.4, 0.5) is 4.79 Å². The highest BCUT2D eigenvalue weighted by Crippen LogP contribution is 2.17. The second-order valence-corrected chi connectivity index (χ2v) is 7.92. The van der Waals surface area contributed by atoms with Gasteiger partial charge in [0.05, 0.1) is 26.2 Å². The van der Waals surface area contributed by atoms with Gasteiger partial charge in [-0.1, -0.05) is 6.58 Å². The largest absolute Gasteiger partial charge is 0.444 e. The third-order valence-electron chi connectivity index (χ3n) is 2.63. The summed E-state index contributed by atoms with van der Waals surface area (Å²) >= 11 is -0.677. The quantitative estimate of drug-likeness (QED) is 0.228. The number of allylic oxidation sites excluding steroid dienone is 1. The molecule has 0 aromatic carbocycles. The van der Waals surface area contributed by atoms with Crippen molar-refractivity contribution in [1.29, 1.82) is 0 Å². The van der Waals surface area contributed by atoms with E-state index in [9.17, 15) is 14.9 Å². The first-order valence-electron chi connectivity index (χ1n) is 6.77. The van der Waals surface area contributed by atoms with E-state index in [-0.39, 0.29) is 11.8 Å². The number of nitro groups is 1. The molecule has 1 amide bonds. The Labute approximate surface area is 140 Å². The normalized spacial score (nSPS) is 18.0. The Morgan fingerprint density at radius 1 is 1.36 bits per heavy atom. The molecule has 1 aliphatic rings. The zero-order valence-corrected chi connectivity index (χ0v) is 15.1. The Morgan fingerprint density at radius 3 is 2.41 bits per heavy atom. The van der Waals surface area contributed by atoms with Crippen LogP contribution in [0.1, 0.15) is 20.8 Å². The summed E-state index contributed by atoms with van der Waals surface area (Å²) in [5.74, 6) is 0. The number of carbonyl (C=O) groups excluding carboxylic acids is 1. The Hall–Kier alpha value is -1.36. The molecule has 1 saturated heterocycles. The number of piperazine rings is 1. The summed E-state index contributed by atoms with van der Waals surface area (Å²) in [6.07, 6.45) is 2.12. The number of rotatable bonds is 4. The molecule has 0 aromatic heterocycles. The Bertz CT molecular complexity index is 491. The van der Waals surface area contributed by atoms with Crippen LogP contribution in [0.3, 0.4) is 0 Å². The fraction of sp³-hybridized carbons (Fsp3) is 0.615. The van der Waals surface area contributed by atoms with Crippen LogP contribution in [0.25, 0.3) is 0 Å². The second-order valence-electron chi connectivity index (χ2n) is 5.57. The maximum absolute atomic E-state index is 11.9. The van der Waals surface area contributed by atoms with Gasteiger partial charge in [-0.15, -0.1) is 0 Å². The predicted molar refractivity (Wildman–Crippen MR) is 91.1 cm³/mol. The summed E-state index contributed by atoms with van der Waals surface area (Å²) in [4.78, 5) is 23.7. The molecule has 0 spiro atoms. The minimum Gasteiger partial charge on any atom is -0.444 e. The number of carbonyl (C=O) groups is 1. The number of ether oxygens (including phenoxy) is 1. The molecular weight excluding hydrogens is 403 g/mol. The highest BCUT2D eigenvalue weighted by molar-refractivity contribution is 14.1. The molecule has 0 aromatic rings. The number of hydrogen-bond donors (Lipinski definition) is 0. The fourth-order valence-electron chi connectivity index (χ4n) is 1.57. The number of nitrogens with zero attached hydrogens (tertiary/aromatic N) is 4. The fourth-order valence-corrected chi connectivity index (χ4v) is 3.20. The lowest BCUT2D eigenvalue weighted by molar-refractivity contribution is -0.419. The van der Waals surface area contributed by atoms with Crippen LogP contribution < -0.4 is 0 Å². The molecule has 8 nitrogen and oxygen atoms in total. The predicted octanol–water partition coefficient (Wildman–Crippen LogP) is 2.91. The van der Waals surface area contributed by atoms with Gasteiger partial charge in [0.15, 0.2) is 0 Å². The van der Waals surface area contributed by atoms with Gasteiger partial charge in [0, 0.05) is 32.3 Å². The smallest absolute Gasteiger partial charge is 0.410 e. The molecule has 0 bridgehead atoms. The van der Waals surface area contributed by atoms with Gasteiger partial charge < -0.3 is 9.64 Å². The van der Waals surface area contributed by atoms with Crippen LogP contribution >= 0.6 is 21.3 Å². The lowest BCUT2D eigenvalue weighted by Crippen LogP contribution is -2.47.